The topological polar surface area (TPSA) is 52.6 Å². The second-order valence-electron chi connectivity index (χ2n) is 9.90. The van der Waals surface area contributed by atoms with Crippen molar-refractivity contribution in [2.75, 3.05) is 13.2 Å². The molecule has 2 aliphatic rings. The maximum absolute atomic E-state index is 13.2. The van der Waals surface area contributed by atoms with Crippen LogP contribution in [0.4, 0.5) is 0 Å². The normalized spacial score (nSPS) is 21.5. The lowest BCUT2D eigenvalue weighted by atomic mass is 9.67. The molecule has 2 atom stereocenters. The van der Waals surface area contributed by atoms with E-state index in [-0.39, 0.29) is 35.6 Å². The van der Waals surface area contributed by atoms with Crippen LogP contribution < -0.4 is 0 Å². The maximum atomic E-state index is 13.2. The number of ether oxygens (including phenoxy) is 2. The van der Waals surface area contributed by atoms with Crippen LogP contribution in [0.5, 0.6) is 0 Å². The van der Waals surface area contributed by atoms with E-state index in [0.717, 1.165) is 51.4 Å². The van der Waals surface area contributed by atoms with Gasteiger partial charge in [0.2, 0.25) is 0 Å². The molecule has 0 aliphatic heterocycles. The third-order valence-electron chi connectivity index (χ3n) is 6.36. The summed E-state index contributed by atoms with van der Waals surface area (Å²) >= 11 is 0. The molecule has 0 radical (unpaired) electrons. The van der Waals surface area contributed by atoms with Crippen LogP contribution in [0.1, 0.15) is 91.9 Å². The Balaban J connectivity index is 2.25. The Morgan fingerprint density at radius 2 is 0.964 bits per heavy atom. The second kappa shape index (κ2) is 11.8. The van der Waals surface area contributed by atoms with Gasteiger partial charge in [0.05, 0.1) is 25.0 Å². The summed E-state index contributed by atoms with van der Waals surface area (Å²) in [7, 11) is 0. The Morgan fingerprint density at radius 3 is 1.25 bits per heavy atom. The van der Waals surface area contributed by atoms with Crippen LogP contribution in [-0.2, 0) is 19.1 Å². The fourth-order valence-corrected chi connectivity index (χ4v) is 4.94. The second-order valence-corrected chi connectivity index (χ2v) is 9.90. The number of esters is 2. The molecule has 0 heterocycles. The van der Waals surface area contributed by atoms with Gasteiger partial charge in [-0.15, -0.1) is 0 Å². The molecule has 162 valence electrons. The number of rotatable bonds is 9. The van der Waals surface area contributed by atoms with Crippen molar-refractivity contribution >= 4 is 11.9 Å². The van der Waals surface area contributed by atoms with Crippen molar-refractivity contribution in [2.24, 2.45) is 35.5 Å². The molecule has 0 bridgehead atoms. The lowest BCUT2D eigenvalue weighted by Crippen LogP contribution is -2.43. The van der Waals surface area contributed by atoms with E-state index >= 15 is 0 Å². The molecule has 0 amide bonds. The fourth-order valence-electron chi connectivity index (χ4n) is 4.94. The monoisotopic (exact) mass is 394 g/mol. The summed E-state index contributed by atoms with van der Waals surface area (Å²) in [6.45, 7) is 9.08. The first-order valence-corrected chi connectivity index (χ1v) is 11.7. The highest BCUT2D eigenvalue weighted by Gasteiger charge is 2.45. The first kappa shape index (κ1) is 23.2. The van der Waals surface area contributed by atoms with Crippen LogP contribution in [0.15, 0.2) is 0 Å². The van der Waals surface area contributed by atoms with E-state index in [9.17, 15) is 9.59 Å². The first-order chi connectivity index (χ1) is 13.4. The third-order valence-corrected chi connectivity index (χ3v) is 6.36. The van der Waals surface area contributed by atoms with Crippen LogP contribution in [0.25, 0.3) is 0 Å². The highest BCUT2D eigenvalue weighted by Crippen LogP contribution is 2.42. The van der Waals surface area contributed by atoms with Crippen LogP contribution in [0.3, 0.4) is 0 Å². The Morgan fingerprint density at radius 1 is 0.643 bits per heavy atom. The number of carbonyl (C=O) groups excluding carboxylic acids is 2. The van der Waals surface area contributed by atoms with E-state index in [1.807, 2.05) is 0 Å². The molecule has 4 heteroatoms. The van der Waals surface area contributed by atoms with Crippen LogP contribution in [-0.4, -0.2) is 25.2 Å². The van der Waals surface area contributed by atoms with E-state index in [4.69, 9.17) is 9.47 Å². The highest BCUT2D eigenvalue weighted by molar-refractivity contribution is 5.82. The molecule has 0 aromatic rings. The molecular weight excluding hydrogens is 352 g/mol. The molecule has 0 N–H and O–H groups in total. The van der Waals surface area contributed by atoms with Gasteiger partial charge in [-0.1, -0.05) is 66.2 Å². The molecule has 2 fully saturated rings. The Kier molecular flexibility index (Phi) is 9.81. The molecule has 2 saturated carbocycles. The van der Waals surface area contributed by atoms with E-state index < -0.39 is 0 Å². The molecule has 2 aliphatic carbocycles. The van der Waals surface area contributed by atoms with Gasteiger partial charge >= 0.3 is 11.9 Å². The van der Waals surface area contributed by atoms with Crippen molar-refractivity contribution in [2.45, 2.75) is 91.9 Å². The number of hydrogen-bond donors (Lipinski definition) is 0. The standard InChI is InChI=1S/C24H42O4/c1-17(2)15-27-23(25)21(19-11-7-5-8-12-19)22(20-13-9-6-10-14-20)24(26)28-16-18(3)4/h17-22H,5-16H2,1-4H3. The minimum Gasteiger partial charge on any atom is -0.465 e. The lowest BCUT2D eigenvalue weighted by Gasteiger charge is -2.38. The minimum absolute atomic E-state index is 0.155. The van der Waals surface area contributed by atoms with Gasteiger partial charge in [0.1, 0.15) is 0 Å². The van der Waals surface area contributed by atoms with Gasteiger partial charge in [0.25, 0.3) is 0 Å². The summed E-state index contributed by atoms with van der Waals surface area (Å²) in [5.41, 5.74) is 0. The van der Waals surface area contributed by atoms with Gasteiger partial charge in [-0.2, -0.15) is 0 Å². The van der Waals surface area contributed by atoms with Gasteiger partial charge in [-0.3, -0.25) is 9.59 Å². The van der Waals surface area contributed by atoms with Gasteiger partial charge in [0, 0.05) is 0 Å². The summed E-state index contributed by atoms with van der Waals surface area (Å²) in [6, 6.07) is 0. The Labute approximate surface area is 172 Å². The summed E-state index contributed by atoms with van der Waals surface area (Å²) in [6.07, 6.45) is 11.2. The molecule has 2 rings (SSSR count). The van der Waals surface area contributed by atoms with Crippen molar-refractivity contribution in [3.05, 3.63) is 0 Å². The number of hydrogen-bond acceptors (Lipinski definition) is 4. The zero-order valence-electron chi connectivity index (χ0n) is 18.6. The SMILES string of the molecule is CC(C)COC(=O)C(C1CCCCC1)C(C(=O)OCC(C)C)C1CCCCC1. The quantitative estimate of drug-likeness (QED) is 0.465. The zero-order chi connectivity index (χ0) is 20.5. The van der Waals surface area contributed by atoms with Gasteiger partial charge < -0.3 is 9.47 Å². The minimum atomic E-state index is -0.332. The zero-order valence-corrected chi connectivity index (χ0v) is 18.6. The summed E-state index contributed by atoms with van der Waals surface area (Å²) < 4.78 is 11.4. The van der Waals surface area contributed by atoms with Gasteiger partial charge in [-0.25, -0.2) is 0 Å². The fraction of sp³-hybridized carbons (Fsp3) is 0.917. The maximum Gasteiger partial charge on any atom is 0.310 e. The smallest absolute Gasteiger partial charge is 0.310 e. The van der Waals surface area contributed by atoms with Crippen LogP contribution >= 0.6 is 0 Å². The van der Waals surface area contributed by atoms with Crippen LogP contribution in [0.2, 0.25) is 0 Å². The van der Waals surface area contributed by atoms with Crippen molar-refractivity contribution in [3.8, 4) is 0 Å². The number of carbonyl (C=O) groups is 2. The predicted octanol–water partition coefficient (Wildman–Crippen LogP) is 5.78. The third kappa shape index (κ3) is 7.08. The molecule has 0 aromatic carbocycles. The van der Waals surface area contributed by atoms with Crippen molar-refractivity contribution in [1.29, 1.82) is 0 Å². The van der Waals surface area contributed by atoms with E-state index in [1.165, 1.54) is 12.8 Å². The average Bonchev–Trinajstić information content (AvgIpc) is 2.69. The lowest BCUT2D eigenvalue weighted by molar-refractivity contribution is -0.168. The molecular formula is C24H42O4. The summed E-state index contributed by atoms with van der Waals surface area (Å²) in [5, 5.41) is 0. The Hall–Kier alpha value is -1.06. The molecule has 0 spiro atoms. The summed E-state index contributed by atoms with van der Waals surface area (Å²) in [5.74, 6) is 0.145. The largest absolute Gasteiger partial charge is 0.465 e. The van der Waals surface area contributed by atoms with Crippen LogP contribution in [0, 0.1) is 35.5 Å². The van der Waals surface area contributed by atoms with Crippen molar-refractivity contribution in [3.63, 3.8) is 0 Å². The molecule has 28 heavy (non-hydrogen) atoms. The summed E-state index contributed by atoms with van der Waals surface area (Å²) in [4.78, 5) is 26.5. The van der Waals surface area contributed by atoms with E-state index in [1.54, 1.807) is 0 Å². The average molecular weight is 395 g/mol. The predicted molar refractivity (Wildman–Crippen MR) is 112 cm³/mol. The Bertz CT molecular complexity index is 429. The first-order valence-electron chi connectivity index (χ1n) is 11.7. The van der Waals surface area contributed by atoms with E-state index in [2.05, 4.69) is 27.7 Å². The van der Waals surface area contributed by atoms with Gasteiger partial charge in [0.15, 0.2) is 0 Å². The molecule has 0 aromatic heterocycles. The highest BCUT2D eigenvalue weighted by atomic mass is 16.5. The van der Waals surface area contributed by atoms with Crippen molar-refractivity contribution < 1.29 is 19.1 Å². The molecule has 4 nitrogen and oxygen atoms in total. The van der Waals surface area contributed by atoms with E-state index in [0.29, 0.717) is 25.0 Å². The van der Waals surface area contributed by atoms with Gasteiger partial charge in [-0.05, 0) is 49.4 Å². The molecule has 0 saturated heterocycles. The van der Waals surface area contributed by atoms with Crippen molar-refractivity contribution in [1.82, 2.24) is 0 Å². The molecule has 2 unspecified atom stereocenters.